The highest BCUT2D eigenvalue weighted by Crippen LogP contribution is 2.32. The minimum Gasteiger partial charge on any atom is -0.388 e. The lowest BCUT2D eigenvalue weighted by molar-refractivity contribution is -0.0237. The van der Waals surface area contributed by atoms with Crippen molar-refractivity contribution < 1.29 is 5.11 Å². The summed E-state index contributed by atoms with van der Waals surface area (Å²) in [6.07, 6.45) is 2.93. The number of halogens is 1. The minimum atomic E-state index is -0.527. The van der Waals surface area contributed by atoms with Crippen LogP contribution in [0.1, 0.15) is 40.0 Å². The number of guanidine groups is 1. The maximum absolute atomic E-state index is 10.2. The highest BCUT2D eigenvalue weighted by molar-refractivity contribution is 14.0. The Labute approximate surface area is 144 Å². The average Bonchev–Trinajstić information content (AvgIpc) is 2.31. The molecule has 0 radical (unpaired) electrons. The lowest BCUT2D eigenvalue weighted by Crippen LogP contribution is -2.51. The van der Waals surface area contributed by atoms with Gasteiger partial charge in [0, 0.05) is 30.1 Å². The number of hydrogen-bond acceptors (Lipinski definition) is 3. The van der Waals surface area contributed by atoms with E-state index in [1.165, 1.54) is 0 Å². The van der Waals surface area contributed by atoms with E-state index in [0.717, 1.165) is 50.6 Å². The molecule has 1 aliphatic heterocycles. The number of hydrogen-bond donors (Lipinski definition) is 2. The molecule has 20 heavy (non-hydrogen) atoms. The summed E-state index contributed by atoms with van der Waals surface area (Å²) in [4.78, 5) is 7.00. The van der Waals surface area contributed by atoms with Gasteiger partial charge in [0.15, 0.2) is 5.96 Å². The van der Waals surface area contributed by atoms with Gasteiger partial charge in [-0.1, -0.05) is 0 Å². The van der Waals surface area contributed by atoms with Crippen LogP contribution < -0.4 is 5.32 Å². The largest absolute Gasteiger partial charge is 0.388 e. The lowest BCUT2D eigenvalue weighted by Gasteiger charge is -2.40. The van der Waals surface area contributed by atoms with Crippen molar-refractivity contribution in [2.75, 3.05) is 31.9 Å². The smallest absolute Gasteiger partial charge is 0.194 e. The van der Waals surface area contributed by atoms with Gasteiger partial charge in [0.1, 0.15) is 0 Å². The first kappa shape index (κ1) is 18.4. The monoisotopic (exact) mass is 413 g/mol. The average molecular weight is 413 g/mol. The standard InChI is InChI=1S/C14H27N3OS.HI/c1-4-15-12(16-10-14(18)6-5-7-14)17-8-9-19-13(2,3)11-17;/h18H,4-11H2,1-3H3,(H,15,16);1H. The Morgan fingerprint density at radius 2 is 2.10 bits per heavy atom. The van der Waals surface area contributed by atoms with Crippen molar-refractivity contribution in [1.29, 1.82) is 0 Å². The summed E-state index contributed by atoms with van der Waals surface area (Å²) in [6, 6.07) is 0. The first-order valence-electron chi connectivity index (χ1n) is 7.34. The van der Waals surface area contributed by atoms with E-state index in [-0.39, 0.29) is 28.7 Å². The predicted molar refractivity (Wildman–Crippen MR) is 98.3 cm³/mol. The summed E-state index contributed by atoms with van der Waals surface area (Å²) in [7, 11) is 0. The maximum atomic E-state index is 10.2. The molecular formula is C14H28IN3OS. The molecule has 2 fully saturated rings. The second-order valence-corrected chi connectivity index (χ2v) is 8.08. The molecule has 2 N–H and O–H groups in total. The Bertz CT molecular complexity index is 345. The molecular weight excluding hydrogens is 385 g/mol. The number of aliphatic hydroxyl groups is 1. The normalized spacial score (nSPS) is 24.6. The molecule has 0 unspecified atom stereocenters. The number of nitrogens with zero attached hydrogens (tertiary/aromatic N) is 2. The quantitative estimate of drug-likeness (QED) is 0.424. The van der Waals surface area contributed by atoms with Crippen LogP contribution in [-0.2, 0) is 0 Å². The van der Waals surface area contributed by atoms with Crippen molar-refractivity contribution in [3.8, 4) is 0 Å². The van der Waals surface area contributed by atoms with E-state index in [9.17, 15) is 5.11 Å². The molecule has 6 heteroatoms. The number of aliphatic imine (C=N–C) groups is 1. The highest BCUT2D eigenvalue weighted by Gasteiger charge is 2.35. The van der Waals surface area contributed by atoms with Crippen molar-refractivity contribution in [1.82, 2.24) is 10.2 Å². The van der Waals surface area contributed by atoms with Gasteiger partial charge in [-0.2, -0.15) is 11.8 Å². The molecule has 0 amide bonds. The number of thioether (sulfide) groups is 1. The van der Waals surface area contributed by atoms with Gasteiger partial charge in [-0.15, -0.1) is 24.0 Å². The number of rotatable bonds is 3. The number of nitrogens with one attached hydrogen (secondary N) is 1. The van der Waals surface area contributed by atoms with E-state index in [1.54, 1.807) is 0 Å². The lowest BCUT2D eigenvalue weighted by atomic mass is 9.80. The molecule has 1 saturated heterocycles. The predicted octanol–water partition coefficient (Wildman–Crippen LogP) is 2.31. The van der Waals surface area contributed by atoms with Crippen molar-refractivity contribution in [2.45, 2.75) is 50.4 Å². The van der Waals surface area contributed by atoms with Crippen LogP contribution in [0.5, 0.6) is 0 Å². The van der Waals surface area contributed by atoms with Gasteiger partial charge in [-0.05, 0) is 40.0 Å². The van der Waals surface area contributed by atoms with Crippen LogP contribution in [0.2, 0.25) is 0 Å². The van der Waals surface area contributed by atoms with Gasteiger partial charge < -0.3 is 15.3 Å². The molecule has 1 saturated carbocycles. The Hall–Kier alpha value is 0.310. The molecule has 0 bridgehead atoms. The molecule has 0 aromatic rings. The van der Waals surface area contributed by atoms with Crippen LogP contribution in [0.3, 0.4) is 0 Å². The van der Waals surface area contributed by atoms with Gasteiger partial charge in [0.2, 0.25) is 0 Å². The summed E-state index contributed by atoms with van der Waals surface area (Å²) >= 11 is 2.03. The SMILES string of the molecule is CCNC(=NCC1(O)CCC1)N1CCSC(C)(C)C1.I. The van der Waals surface area contributed by atoms with Gasteiger partial charge in [0.25, 0.3) is 0 Å². The molecule has 0 spiro atoms. The Balaban J connectivity index is 0.00000200. The van der Waals surface area contributed by atoms with Crippen molar-refractivity contribution >= 4 is 41.7 Å². The summed E-state index contributed by atoms with van der Waals surface area (Å²) in [6.45, 7) is 10.1. The Morgan fingerprint density at radius 3 is 2.60 bits per heavy atom. The zero-order valence-electron chi connectivity index (χ0n) is 12.8. The second kappa shape index (κ2) is 7.54. The zero-order valence-corrected chi connectivity index (χ0v) is 16.0. The van der Waals surface area contributed by atoms with Crippen LogP contribution in [0.25, 0.3) is 0 Å². The van der Waals surface area contributed by atoms with Crippen molar-refractivity contribution in [3.05, 3.63) is 0 Å². The van der Waals surface area contributed by atoms with Gasteiger partial charge in [0.05, 0.1) is 12.1 Å². The first-order chi connectivity index (χ1) is 8.94. The molecule has 2 rings (SSSR count). The van der Waals surface area contributed by atoms with Crippen LogP contribution >= 0.6 is 35.7 Å². The molecule has 1 heterocycles. The summed E-state index contributed by atoms with van der Waals surface area (Å²) in [5.41, 5.74) is -0.527. The fourth-order valence-electron chi connectivity index (χ4n) is 2.59. The first-order valence-corrected chi connectivity index (χ1v) is 8.32. The van der Waals surface area contributed by atoms with Crippen LogP contribution in [0.4, 0.5) is 0 Å². The third-order valence-electron chi connectivity index (χ3n) is 3.87. The van der Waals surface area contributed by atoms with E-state index in [0.29, 0.717) is 6.54 Å². The molecule has 0 aromatic heterocycles. The maximum Gasteiger partial charge on any atom is 0.194 e. The van der Waals surface area contributed by atoms with Gasteiger partial charge in [-0.3, -0.25) is 4.99 Å². The van der Waals surface area contributed by atoms with E-state index >= 15 is 0 Å². The van der Waals surface area contributed by atoms with Gasteiger partial charge in [-0.25, -0.2) is 0 Å². The molecule has 4 nitrogen and oxygen atoms in total. The molecule has 0 aromatic carbocycles. The van der Waals surface area contributed by atoms with E-state index in [4.69, 9.17) is 0 Å². The molecule has 1 aliphatic carbocycles. The fourth-order valence-corrected chi connectivity index (χ4v) is 3.70. The molecule has 2 aliphatic rings. The Kier molecular flexibility index (Phi) is 6.92. The molecule has 0 atom stereocenters. The van der Waals surface area contributed by atoms with E-state index in [2.05, 4.69) is 36.0 Å². The highest BCUT2D eigenvalue weighted by atomic mass is 127. The summed E-state index contributed by atoms with van der Waals surface area (Å²) in [5.74, 6) is 2.11. The minimum absolute atomic E-state index is 0. The van der Waals surface area contributed by atoms with Crippen molar-refractivity contribution in [2.24, 2.45) is 4.99 Å². The van der Waals surface area contributed by atoms with Crippen LogP contribution in [0, 0.1) is 0 Å². The zero-order chi connectivity index (χ0) is 13.9. The topological polar surface area (TPSA) is 47.9 Å². The summed E-state index contributed by atoms with van der Waals surface area (Å²) in [5, 5.41) is 13.5. The van der Waals surface area contributed by atoms with Crippen molar-refractivity contribution in [3.63, 3.8) is 0 Å². The van der Waals surface area contributed by atoms with Crippen LogP contribution in [0.15, 0.2) is 4.99 Å². The Morgan fingerprint density at radius 1 is 1.40 bits per heavy atom. The second-order valence-electron chi connectivity index (χ2n) is 6.28. The molecule has 118 valence electrons. The third-order valence-corrected chi connectivity index (χ3v) is 5.16. The van der Waals surface area contributed by atoms with E-state index in [1.807, 2.05) is 11.8 Å². The van der Waals surface area contributed by atoms with Gasteiger partial charge >= 0.3 is 0 Å². The third kappa shape index (κ3) is 4.94. The van der Waals surface area contributed by atoms with Crippen LogP contribution in [-0.4, -0.2) is 58.2 Å². The summed E-state index contributed by atoms with van der Waals surface area (Å²) < 4.78 is 0.280. The fraction of sp³-hybridized carbons (Fsp3) is 0.929. The van der Waals surface area contributed by atoms with E-state index < -0.39 is 5.60 Å².